The lowest BCUT2D eigenvalue weighted by atomic mass is 10.2. The zero-order valence-electron chi connectivity index (χ0n) is 9.98. The predicted molar refractivity (Wildman–Crippen MR) is 65.2 cm³/mol. The van der Waals surface area contributed by atoms with Crippen molar-refractivity contribution in [2.45, 2.75) is 18.9 Å². The van der Waals surface area contributed by atoms with Crippen molar-refractivity contribution in [2.75, 3.05) is 25.6 Å². The van der Waals surface area contributed by atoms with E-state index in [1.165, 1.54) is 0 Å². The van der Waals surface area contributed by atoms with Crippen LogP contribution < -0.4 is 10.1 Å². The van der Waals surface area contributed by atoms with Crippen LogP contribution in [-0.4, -0.2) is 30.2 Å². The van der Waals surface area contributed by atoms with E-state index in [0.29, 0.717) is 18.2 Å². The van der Waals surface area contributed by atoms with E-state index < -0.39 is 0 Å². The zero-order chi connectivity index (χ0) is 12.1. The molecule has 0 saturated carbocycles. The lowest BCUT2D eigenvalue weighted by molar-refractivity contribution is 0.104. The molecule has 92 valence electrons. The van der Waals surface area contributed by atoms with Gasteiger partial charge in [-0.3, -0.25) is 0 Å². The number of nitrogens with zero attached hydrogens (tertiary/aromatic N) is 2. The quantitative estimate of drug-likeness (QED) is 0.790. The molecule has 2 rings (SSSR count). The summed E-state index contributed by atoms with van der Waals surface area (Å²) in [6.07, 6.45) is 3.80. The van der Waals surface area contributed by atoms with Crippen LogP contribution in [0.1, 0.15) is 24.8 Å². The molecule has 1 aliphatic rings. The van der Waals surface area contributed by atoms with E-state index in [4.69, 9.17) is 9.47 Å². The molecule has 1 saturated heterocycles. The van der Waals surface area contributed by atoms with Crippen molar-refractivity contribution in [3.8, 4) is 5.88 Å². The summed E-state index contributed by atoms with van der Waals surface area (Å²) >= 11 is 0. The van der Waals surface area contributed by atoms with E-state index in [2.05, 4.69) is 21.9 Å². The highest BCUT2D eigenvalue weighted by atomic mass is 16.5. The molecule has 1 atom stereocenters. The van der Waals surface area contributed by atoms with Crippen molar-refractivity contribution in [3.05, 3.63) is 24.5 Å². The summed E-state index contributed by atoms with van der Waals surface area (Å²) in [7, 11) is 1.60. The molecule has 0 amide bonds. The standard InChI is InChI=1S/C12H17N3O2/c1-3-6-13-10-8-11(16-2)15-12(14-10)9-5-4-7-17-9/h3,8-9H,1,4-7H2,2H3,(H,13,14,15). The molecule has 1 N–H and O–H groups in total. The highest BCUT2D eigenvalue weighted by Crippen LogP contribution is 2.28. The Bertz CT molecular complexity index is 389. The second-order valence-corrected chi connectivity index (χ2v) is 3.82. The van der Waals surface area contributed by atoms with Crippen molar-refractivity contribution < 1.29 is 9.47 Å². The Hall–Kier alpha value is -1.62. The van der Waals surface area contributed by atoms with Crippen LogP contribution in [0, 0.1) is 0 Å². The van der Waals surface area contributed by atoms with E-state index in [1.54, 1.807) is 19.3 Å². The Morgan fingerprint density at radius 2 is 2.53 bits per heavy atom. The largest absolute Gasteiger partial charge is 0.481 e. The fourth-order valence-electron chi connectivity index (χ4n) is 1.74. The van der Waals surface area contributed by atoms with Gasteiger partial charge in [-0.2, -0.15) is 4.98 Å². The highest BCUT2D eigenvalue weighted by Gasteiger charge is 2.21. The first kappa shape index (κ1) is 11.9. The summed E-state index contributed by atoms with van der Waals surface area (Å²) in [6.45, 7) is 5.09. The Balaban J connectivity index is 2.21. The molecule has 1 unspecified atom stereocenters. The van der Waals surface area contributed by atoms with Crippen LogP contribution in [0.25, 0.3) is 0 Å². The average molecular weight is 235 g/mol. The Labute approximate surface area is 101 Å². The van der Waals surface area contributed by atoms with Crippen molar-refractivity contribution in [1.82, 2.24) is 9.97 Å². The van der Waals surface area contributed by atoms with E-state index in [0.717, 1.165) is 25.3 Å². The topological polar surface area (TPSA) is 56.3 Å². The third-order valence-corrected chi connectivity index (χ3v) is 2.57. The maximum atomic E-state index is 5.57. The monoisotopic (exact) mass is 235 g/mol. The van der Waals surface area contributed by atoms with E-state index >= 15 is 0 Å². The average Bonchev–Trinajstić information content (AvgIpc) is 2.89. The van der Waals surface area contributed by atoms with Gasteiger partial charge in [-0.15, -0.1) is 6.58 Å². The van der Waals surface area contributed by atoms with Crippen LogP contribution in [0.5, 0.6) is 5.88 Å². The van der Waals surface area contributed by atoms with Crippen molar-refractivity contribution in [1.29, 1.82) is 0 Å². The first-order valence-corrected chi connectivity index (χ1v) is 5.73. The number of methoxy groups -OCH3 is 1. The molecular weight excluding hydrogens is 218 g/mol. The summed E-state index contributed by atoms with van der Waals surface area (Å²) in [5.41, 5.74) is 0. The Morgan fingerprint density at radius 1 is 1.65 bits per heavy atom. The normalized spacial score (nSPS) is 19.0. The van der Waals surface area contributed by atoms with Crippen LogP contribution >= 0.6 is 0 Å². The van der Waals surface area contributed by atoms with Gasteiger partial charge in [0, 0.05) is 19.2 Å². The molecule has 5 nitrogen and oxygen atoms in total. The summed E-state index contributed by atoms with van der Waals surface area (Å²) in [5, 5.41) is 3.13. The number of rotatable bonds is 5. The third-order valence-electron chi connectivity index (χ3n) is 2.57. The lowest BCUT2D eigenvalue weighted by Gasteiger charge is -2.11. The molecule has 2 heterocycles. The van der Waals surface area contributed by atoms with Crippen LogP contribution in [0.3, 0.4) is 0 Å². The van der Waals surface area contributed by atoms with Gasteiger partial charge in [0.05, 0.1) is 7.11 Å². The minimum absolute atomic E-state index is 0.00520. The number of anilines is 1. The molecule has 1 aromatic rings. The Kier molecular flexibility index (Phi) is 3.93. The zero-order valence-corrected chi connectivity index (χ0v) is 9.98. The van der Waals surface area contributed by atoms with Crippen LogP contribution in [0.2, 0.25) is 0 Å². The van der Waals surface area contributed by atoms with E-state index in [9.17, 15) is 0 Å². The Morgan fingerprint density at radius 3 is 3.18 bits per heavy atom. The number of aromatic nitrogens is 2. The van der Waals surface area contributed by atoms with Gasteiger partial charge in [-0.1, -0.05) is 6.08 Å². The summed E-state index contributed by atoms with van der Waals surface area (Å²) in [6, 6.07) is 1.77. The summed E-state index contributed by atoms with van der Waals surface area (Å²) in [5.74, 6) is 1.98. The number of ether oxygens (including phenoxy) is 2. The summed E-state index contributed by atoms with van der Waals surface area (Å²) < 4.78 is 10.7. The predicted octanol–water partition coefficient (Wildman–Crippen LogP) is 1.93. The van der Waals surface area contributed by atoms with Crippen LogP contribution in [0.4, 0.5) is 5.82 Å². The maximum Gasteiger partial charge on any atom is 0.218 e. The molecule has 1 aromatic heterocycles. The number of nitrogens with one attached hydrogen (secondary N) is 1. The molecule has 17 heavy (non-hydrogen) atoms. The van der Waals surface area contributed by atoms with E-state index in [1.807, 2.05) is 0 Å². The van der Waals surface area contributed by atoms with Gasteiger partial charge in [0.15, 0.2) is 5.82 Å². The number of hydrogen-bond acceptors (Lipinski definition) is 5. The van der Waals surface area contributed by atoms with Gasteiger partial charge < -0.3 is 14.8 Å². The SMILES string of the molecule is C=CCNc1cc(OC)nc(C2CCCO2)n1. The highest BCUT2D eigenvalue weighted by molar-refractivity contribution is 5.39. The molecule has 0 radical (unpaired) electrons. The van der Waals surface area contributed by atoms with Gasteiger partial charge in [0.25, 0.3) is 0 Å². The van der Waals surface area contributed by atoms with Gasteiger partial charge in [-0.05, 0) is 12.8 Å². The third kappa shape index (κ3) is 2.94. The minimum atomic E-state index is -0.00520. The van der Waals surface area contributed by atoms with Gasteiger partial charge in [-0.25, -0.2) is 4.98 Å². The molecule has 0 aromatic carbocycles. The maximum absolute atomic E-state index is 5.57. The van der Waals surface area contributed by atoms with Gasteiger partial charge >= 0.3 is 0 Å². The second kappa shape index (κ2) is 5.63. The van der Waals surface area contributed by atoms with Crippen molar-refractivity contribution in [3.63, 3.8) is 0 Å². The van der Waals surface area contributed by atoms with Crippen LogP contribution in [-0.2, 0) is 4.74 Å². The molecule has 1 aliphatic heterocycles. The first-order chi connectivity index (χ1) is 8.33. The smallest absolute Gasteiger partial charge is 0.218 e. The molecule has 0 spiro atoms. The molecule has 0 bridgehead atoms. The lowest BCUT2D eigenvalue weighted by Crippen LogP contribution is -2.08. The molecular formula is C12H17N3O2. The fourth-order valence-corrected chi connectivity index (χ4v) is 1.74. The minimum Gasteiger partial charge on any atom is -0.481 e. The first-order valence-electron chi connectivity index (χ1n) is 5.73. The van der Waals surface area contributed by atoms with Crippen molar-refractivity contribution >= 4 is 5.82 Å². The van der Waals surface area contributed by atoms with Crippen LogP contribution in [0.15, 0.2) is 18.7 Å². The molecule has 0 aliphatic carbocycles. The molecule has 5 heteroatoms. The van der Waals surface area contributed by atoms with E-state index in [-0.39, 0.29) is 6.10 Å². The summed E-state index contributed by atoms with van der Waals surface area (Å²) in [4.78, 5) is 8.74. The van der Waals surface area contributed by atoms with Gasteiger partial charge in [0.1, 0.15) is 11.9 Å². The fraction of sp³-hybridized carbons (Fsp3) is 0.500. The second-order valence-electron chi connectivity index (χ2n) is 3.82. The van der Waals surface area contributed by atoms with Gasteiger partial charge in [0.2, 0.25) is 5.88 Å². The number of hydrogen-bond donors (Lipinski definition) is 1. The molecule has 1 fully saturated rings. The van der Waals surface area contributed by atoms with Crippen molar-refractivity contribution in [2.24, 2.45) is 0 Å².